The molecule has 0 N–H and O–H groups in total. The number of aromatic nitrogens is 1. The van der Waals surface area contributed by atoms with Crippen molar-refractivity contribution in [3.63, 3.8) is 0 Å². The lowest BCUT2D eigenvalue weighted by atomic mass is 10.1. The number of hydrogen-bond acceptors (Lipinski definition) is 0. The third-order valence-electron chi connectivity index (χ3n) is 2.78. The Morgan fingerprint density at radius 1 is 1.00 bits per heavy atom. The highest BCUT2D eigenvalue weighted by molar-refractivity contribution is 9.10. The van der Waals surface area contributed by atoms with Gasteiger partial charge in [0.15, 0.2) is 0 Å². The Balaban J connectivity index is 2.52. The predicted octanol–water partition coefficient (Wildman–Crippen LogP) is 4.81. The van der Waals surface area contributed by atoms with Crippen LogP contribution in [0.15, 0.2) is 40.9 Å². The molecule has 0 saturated carbocycles. The van der Waals surface area contributed by atoms with E-state index in [0.717, 1.165) is 4.47 Å². The van der Waals surface area contributed by atoms with Crippen molar-refractivity contribution in [3.8, 4) is 11.3 Å². The maximum Gasteiger partial charge on any atom is 0.0484 e. The van der Waals surface area contributed by atoms with Gasteiger partial charge in [-0.2, -0.15) is 0 Å². The molecule has 0 atom stereocenters. The fraction of sp³-hybridized carbons (Fsp3) is 0.286. The summed E-state index contributed by atoms with van der Waals surface area (Å²) in [6, 6.07) is 13.3. The average molecular weight is 278 g/mol. The van der Waals surface area contributed by atoms with E-state index < -0.39 is 0 Å². The molecule has 84 valence electrons. The molecule has 0 bridgehead atoms. The van der Waals surface area contributed by atoms with Gasteiger partial charge in [0, 0.05) is 21.9 Å². The van der Waals surface area contributed by atoms with E-state index in [4.69, 9.17) is 0 Å². The molecule has 0 fully saturated rings. The second-order valence-corrected chi connectivity index (χ2v) is 5.25. The van der Waals surface area contributed by atoms with Crippen molar-refractivity contribution >= 4 is 15.9 Å². The molecule has 0 amide bonds. The van der Waals surface area contributed by atoms with Crippen LogP contribution in [0.1, 0.15) is 25.6 Å². The molecule has 0 spiro atoms. The average Bonchev–Trinajstić information content (AvgIpc) is 2.61. The molecule has 2 rings (SSSR count). The van der Waals surface area contributed by atoms with E-state index in [9.17, 15) is 0 Å². The number of aryl methyl sites for hydroxylation is 1. The molecule has 1 aromatic carbocycles. The number of benzene rings is 1. The van der Waals surface area contributed by atoms with E-state index in [-0.39, 0.29) is 0 Å². The van der Waals surface area contributed by atoms with Gasteiger partial charge in [-0.1, -0.05) is 28.1 Å². The minimum Gasteiger partial charge on any atom is -0.342 e. The van der Waals surface area contributed by atoms with Crippen LogP contribution in [0.25, 0.3) is 11.3 Å². The maximum absolute atomic E-state index is 3.46. The monoisotopic (exact) mass is 277 g/mol. The van der Waals surface area contributed by atoms with Gasteiger partial charge in [0.05, 0.1) is 0 Å². The minimum atomic E-state index is 0.494. The van der Waals surface area contributed by atoms with Crippen molar-refractivity contribution in [3.05, 3.63) is 46.6 Å². The molecule has 16 heavy (non-hydrogen) atoms. The molecule has 0 aliphatic heterocycles. The fourth-order valence-corrected chi connectivity index (χ4v) is 2.36. The highest BCUT2D eigenvalue weighted by Gasteiger charge is 2.09. The summed E-state index contributed by atoms with van der Waals surface area (Å²) in [5.74, 6) is 0. The van der Waals surface area contributed by atoms with Gasteiger partial charge in [-0.25, -0.2) is 0 Å². The van der Waals surface area contributed by atoms with Crippen LogP contribution in [0.5, 0.6) is 0 Å². The molecule has 1 nitrogen and oxygen atoms in total. The molecule has 2 heteroatoms. The Labute approximate surface area is 105 Å². The quantitative estimate of drug-likeness (QED) is 0.743. The van der Waals surface area contributed by atoms with Crippen LogP contribution in [0.2, 0.25) is 0 Å². The van der Waals surface area contributed by atoms with Crippen molar-refractivity contribution in [1.82, 2.24) is 4.57 Å². The summed E-state index contributed by atoms with van der Waals surface area (Å²) in [6.45, 7) is 6.59. The van der Waals surface area contributed by atoms with Crippen LogP contribution in [0.3, 0.4) is 0 Å². The zero-order chi connectivity index (χ0) is 11.7. The van der Waals surface area contributed by atoms with E-state index in [1.54, 1.807) is 0 Å². The Morgan fingerprint density at radius 2 is 1.62 bits per heavy atom. The third kappa shape index (κ3) is 2.07. The van der Waals surface area contributed by atoms with Crippen LogP contribution in [-0.4, -0.2) is 4.57 Å². The normalized spacial score (nSPS) is 11.1. The molecule has 0 radical (unpaired) electrons. The number of nitrogens with zero attached hydrogens (tertiary/aromatic N) is 1. The number of hydrogen-bond donors (Lipinski definition) is 0. The van der Waals surface area contributed by atoms with Gasteiger partial charge in [-0.15, -0.1) is 0 Å². The maximum atomic E-state index is 3.46. The number of halogens is 1. The second-order valence-electron chi connectivity index (χ2n) is 4.33. The molecule has 1 heterocycles. The topological polar surface area (TPSA) is 4.93 Å². The molecular formula is C14H16BrN. The summed E-state index contributed by atoms with van der Waals surface area (Å²) in [5.41, 5.74) is 3.87. The predicted molar refractivity (Wildman–Crippen MR) is 72.7 cm³/mol. The SMILES string of the molecule is Cc1ccc(-c2ccc(Br)cc2)n1C(C)C. The first-order valence-corrected chi connectivity index (χ1v) is 6.32. The zero-order valence-corrected chi connectivity index (χ0v) is 11.5. The Hall–Kier alpha value is -1.02. The van der Waals surface area contributed by atoms with Crippen molar-refractivity contribution < 1.29 is 0 Å². The summed E-state index contributed by atoms with van der Waals surface area (Å²) in [7, 11) is 0. The van der Waals surface area contributed by atoms with Gasteiger partial charge in [-0.3, -0.25) is 0 Å². The van der Waals surface area contributed by atoms with Gasteiger partial charge in [0.2, 0.25) is 0 Å². The van der Waals surface area contributed by atoms with Crippen LogP contribution in [-0.2, 0) is 0 Å². The lowest BCUT2D eigenvalue weighted by Gasteiger charge is -2.15. The Kier molecular flexibility index (Phi) is 3.20. The molecule has 0 aliphatic carbocycles. The molecule has 2 aromatic rings. The van der Waals surface area contributed by atoms with E-state index >= 15 is 0 Å². The first kappa shape index (κ1) is 11.5. The Bertz CT molecular complexity index is 480. The molecule has 0 unspecified atom stereocenters. The van der Waals surface area contributed by atoms with Gasteiger partial charge in [0.1, 0.15) is 0 Å². The minimum absolute atomic E-state index is 0.494. The third-order valence-corrected chi connectivity index (χ3v) is 3.31. The number of rotatable bonds is 2. The Morgan fingerprint density at radius 3 is 2.19 bits per heavy atom. The van der Waals surface area contributed by atoms with Crippen LogP contribution in [0.4, 0.5) is 0 Å². The van der Waals surface area contributed by atoms with Gasteiger partial charge >= 0.3 is 0 Å². The zero-order valence-electron chi connectivity index (χ0n) is 9.87. The smallest absolute Gasteiger partial charge is 0.0484 e. The van der Waals surface area contributed by atoms with E-state index in [1.165, 1.54) is 17.0 Å². The summed E-state index contributed by atoms with van der Waals surface area (Å²) in [4.78, 5) is 0. The van der Waals surface area contributed by atoms with Crippen molar-refractivity contribution in [2.75, 3.05) is 0 Å². The first-order valence-electron chi connectivity index (χ1n) is 5.53. The molecule has 0 aliphatic rings. The van der Waals surface area contributed by atoms with E-state index in [0.29, 0.717) is 6.04 Å². The fourth-order valence-electron chi connectivity index (χ4n) is 2.09. The molecule has 1 aromatic heterocycles. The molecule has 0 saturated heterocycles. The largest absolute Gasteiger partial charge is 0.342 e. The lowest BCUT2D eigenvalue weighted by Crippen LogP contribution is -2.04. The summed E-state index contributed by atoms with van der Waals surface area (Å²) >= 11 is 3.46. The van der Waals surface area contributed by atoms with Crippen LogP contribution < -0.4 is 0 Å². The summed E-state index contributed by atoms with van der Waals surface area (Å²) in [5, 5.41) is 0. The molecular weight excluding hydrogens is 262 g/mol. The summed E-state index contributed by atoms with van der Waals surface area (Å²) in [6.07, 6.45) is 0. The highest BCUT2D eigenvalue weighted by atomic mass is 79.9. The highest BCUT2D eigenvalue weighted by Crippen LogP contribution is 2.27. The van der Waals surface area contributed by atoms with Crippen LogP contribution in [0, 0.1) is 6.92 Å². The van der Waals surface area contributed by atoms with Gasteiger partial charge in [-0.05, 0) is 50.6 Å². The first-order chi connectivity index (χ1) is 7.59. The van der Waals surface area contributed by atoms with Crippen molar-refractivity contribution in [2.24, 2.45) is 0 Å². The van der Waals surface area contributed by atoms with Crippen molar-refractivity contribution in [1.29, 1.82) is 0 Å². The summed E-state index contributed by atoms with van der Waals surface area (Å²) < 4.78 is 3.49. The van der Waals surface area contributed by atoms with Crippen molar-refractivity contribution in [2.45, 2.75) is 26.8 Å². The van der Waals surface area contributed by atoms with Gasteiger partial charge in [0.25, 0.3) is 0 Å². The van der Waals surface area contributed by atoms with Gasteiger partial charge < -0.3 is 4.57 Å². The standard InChI is InChI=1S/C14H16BrN/c1-10(2)16-11(3)4-9-14(16)12-5-7-13(15)8-6-12/h4-10H,1-3H3. The van der Waals surface area contributed by atoms with E-state index in [1.807, 2.05) is 0 Å². The lowest BCUT2D eigenvalue weighted by molar-refractivity contribution is 0.595. The van der Waals surface area contributed by atoms with E-state index in [2.05, 4.69) is 77.7 Å². The van der Waals surface area contributed by atoms with Crippen LogP contribution >= 0.6 is 15.9 Å². The second kappa shape index (κ2) is 4.46.